The molecule has 3 rings (SSSR count). The van der Waals surface area contributed by atoms with Crippen molar-refractivity contribution in [2.75, 3.05) is 0 Å². The number of carboxylic acids is 1. The molecule has 0 aliphatic heterocycles. The smallest absolute Gasteiger partial charge is 0.377 e. The van der Waals surface area contributed by atoms with Gasteiger partial charge in [-0.2, -0.15) is 0 Å². The first-order valence-electron chi connectivity index (χ1n) is 7.47. The second-order valence-corrected chi connectivity index (χ2v) is 5.50. The standard InChI is InChI=1S/C20H15NO3/c1-13-5-4-6-14(11-13)12-16(19(22)20(23)24)18-10-9-15-7-2-3-8-17(15)21-18/h2-12H,1H3,(H,23,24). The summed E-state index contributed by atoms with van der Waals surface area (Å²) in [5.74, 6) is -2.47. The van der Waals surface area contributed by atoms with E-state index in [0.717, 1.165) is 16.5 Å². The van der Waals surface area contributed by atoms with Gasteiger partial charge in [-0.1, -0.05) is 54.1 Å². The third-order valence-electron chi connectivity index (χ3n) is 3.67. The van der Waals surface area contributed by atoms with Crippen molar-refractivity contribution in [1.82, 2.24) is 4.98 Å². The predicted octanol–water partition coefficient (Wildman–Crippen LogP) is 3.74. The Kier molecular flexibility index (Phi) is 4.20. The summed E-state index contributed by atoms with van der Waals surface area (Å²) in [5.41, 5.74) is 2.91. The molecule has 4 heteroatoms. The molecule has 24 heavy (non-hydrogen) atoms. The zero-order chi connectivity index (χ0) is 17.1. The van der Waals surface area contributed by atoms with E-state index in [2.05, 4.69) is 4.98 Å². The maximum absolute atomic E-state index is 12.2. The van der Waals surface area contributed by atoms with Gasteiger partial charge in [0.1, 0.15) is 0 Å². The number of carbonyl (C=O) groups excluding carboxylic acids is 1. The zero-order valence-corrected chi connectivity index (χ0v) is 13.1. The highest BCUT2D eigenvalue weighted by molar-refractivity contribution is 6.52. The average molecular weight is 317 g/mol. The number of benzene rings is 2. The van der Waals surface area contributed by atoms with E-state index >= 15 is 0 Å². The van der Waals surface area contributed by atoms with E-state index in [0.29, 0.717) is 11.2 Å². The Morgan fingerprint density at radius 2 is 1.79 bits per heavy atom. The molecule has 0 amide bonds. The van der Waals surface area contributed by atoms with Crippen molar-refractivity contribution in [1.29, 1.82) is 0 Å². The fourth-order valence-electron chi connectivity index (χ4n) is 2.51. The molecule has 0 atom stereocenters. The predicted molar refractivity (Wildman–Crippen MR) is 93.4 cm³/mol. The molecule has 0 spiro atoms. The molecule has 3 aromatic rings. The second kappa shape index (κ2) is 6.46. The fourth-order valence-corrected chi connectivity index (χ4v) is 2.51. The van der Waals surface area contributed by atoms with Crippen LogP contribution in [0.25, 0.3) is 22.6 Å². The van der Waals surface area contributed by atoms with Gasteiger partial charge >= 0.3 is 5.97 Å². The maximum Gasteiger partial charge on any atom is 0.377 e. The van der Waals surface area contributed by atoms with E-state index in [9.17, 15) is 9.59 Å². The Morgan fingerprint density at radius 1 is 1.00 bits per heavy atom. The summed E-state index contributed by atoms with van der Waals surface area (Å²) < 4.78 is 0. The van der Waals surface area contributed by atoms with Crippen molar-refractivity contribution in [2.24, 2.45) is 0 Å². The number of fused-ring (bicyclic) bond motifs is 1. The number of hydrogen-bond donors (Lipinski definition) is 1. The van der Waals surface area contributed by atoms with E-state index in [1.54, 1.807) is 12.1 Å². The highest BCUT2D eigenvalue weighted by atomic mass is 16.4. The van der Waals surface area contributed by atoms with Crippen LogP contribution in [-0.2, 0) is 9.59 Å². The summed E-state index contributed by atoms with van der Waals surface area (Å²) in [6.07, 6.45) is 1.57. The Bertz CT molecular complexity index is 973. The second-order valence-electron chi connectivity index (χ2n) is 5.50. The summed E-state index contributed by atoms with van der Waals surface area (Å²) in [4.78, 5) is 27.8. The van der Waals surface area contributed by atoms with E-state index in [1.165, 1.54) is 0 Å². The van der Waals surface area contributed by atoms with Crippen LogP contribution in [0.1, 0.15) is 16.8 Å². The van der Waals surface area contributed by atoms with Gasteiger partial charge in [0.15, 0.2) is 0 Å². The first kappa shape index (κ1) is 15.6. The third kappa shape index (κ3) is 3.22. The SMILES string of the molecule is Cc1cccc(C=C(C(=O)C(=O)O)c2ccc3ccccc3n2)c1. The minimum absolute atomic E-state index is 0.0684. The number of carbonyl (C=O) groups is 2. The van der Waals surface area contributed by atoms with Gasteiger partial charge in [0.05, 0.1) is 16.8 Å². The van der Waals surface area contributed by atoms with Gasteiger partial charge in [0, 0.05) is 5.39 Å². The van der Waals surface area contributed by atoms with Gasteiger partial charge < -0.3 is 5.11 Å². The largest absolute Gasteiger partial charge is 0.475 e. The third-order valence-corrected chi connectivity index (χ3v) is 3.67. The quantitative estimate of drug-likeness (QED) is 0.588. The number of aromatic nitrogens is 1. The number of carboxylic acid groups (broad SMARTS) is 1. The Balaban J connectivity index is 2.16. The van der Waals surface area contributed by atoms with Crippen LogP contribution in [0.2, 0.25) is 0 Å². The van der Waals surface area contributed by atoms with Crippen molar-refractivity contribution >= 4 is 34.3 Å². The molecule has 0 radical (unpaired) electrons. The summed E-state index contributed by atoms with van der Waals surface area (Å²) >= 11 is 0. The number of aliphatic carboxylic acids is 1. The average Bonchev–Trinajstić information content (AvgIpc) is 2.58. The lowest BCUT2D eigenvalue weighted by molar-refractivity contribution is -0.146. The first-order chi connectivity index (χ1) is 11.5. The Labute approximate surface area is 139 Å². The van der Waals surface area contributed by atoms with Crippen molar-refractivity contribution < 1.29 is 14.7 Å². The number of hydrogen-bond acceptors (Lipinski definition) is 3. The van der Waals surface area contributed by atoms with Crippen molar-refractivity contribution in [3.8, 4) is 0 Å². The molecule has 1 heterocycles. The minimum Gasteiger partial charge on any atom is -0.475 e. The number of para-hydroxylation sites is 1. The molecule has 0 fully saturated rings. The lowest BCUT2D eigenvalue weighted by Crippen LogP contribution is -2.15. The van der Waals surface area contributed by atoms with E-state index in [-0.39, 0.29) is 5.57 Å². The molecule has 0 saturated heterocycles. The molecular formula is C20H15NO3. The fraction of sp³-hybridized carbons (Fsp3) is 0.0500. The number of aryl methyl sites for hydroxylation is 1. The molecular weight excluding hydrogens is 302 g/mol. The van der Waals surface area contributed by atoms with Crippen LogP contribution in [-0.4, -0.2) is 21.8 Å². The summed E-state index contributed by atoms with van der Waals surface area (Å²) in [6.45, 7) is 1.93. The van der Waals surface area contributed by atoms with E-state index < -0.39 is 11.8 Å². The number of rotatable bonds is 4. The summed E-state index contributed by atoms with van der Waals surface area (Å²) in [5, 5.41) is 10.1. The monoisotopic (exact) mass is 317 g/mol. The number of nitrogens with zero attached hydrogens (tertiary/aromatic N) is 1. The Hall–Kier alpha value is -3.27. The summed E-state index contributed by atoms with van der Waals surface area (Å²) in [6, 6.07) is 18.5. The molecule has 1 aromatic heterocycles. The lowest BCUT2D eigenvalue weighted by atomic mass is 10.0. The summed E-state index contributed by atoms with van der Waals surface area (Å²) in [7, 11) is 0. The van der Waals surface area contributed by atoms with Crippen molar-refractivity contribution in [3.05, 3.63) is 77.5 Å². The molecule has 0 unspecified atom stereocenters. The Morgan fingerprint density at radius 3 is 2.54 bits per heavy atom. The van der Waals surface area contributed by atoms with Crippen LogP contribution in [0.5, 0.6) is 0 Å². The molecule has 4 nitrogen and oxygen atoms in total. The van der Waals surface area contributed by atoms with Crippen molar-refractivity contribution in [2.45, 2.75) is 6.92 Å². The number of Topliss-reactive ketones (excluding diaryl/α,β-unsaturated/α-hetero) is 1. The normalized spacial score (nSPS) is 11.5. The van der Waals surface area contributed by atoms with Gasteiger partial charge in [-0.3, -0.25) is 4.79 Å². The van der Waals surface area contributed by atoms with Gasteiger partial charge in [-0.15, -0.1) is 0 Å². The van der Waals surface area contributed by atoms with Crippen LogP contribution in [0, 0.1) is 6.92 Å². The molecule has 118 valence electrons. The van der Waals surface area contributed by atoms with Crippen LogP contribution in [0.15, 0.2) is 60.7 Å². The van der Waals surface area contributed by atoms with Crippen LogP contribution in [0.4, 0.5) is 0 Å². The molecule has 0 bridgehead atoms. The highest BCUT2D eigenvalue weighted by Crippen LogP contribution is 2.21. The highest BCUT2D eigenvalue weighted by Gasteiger charge is 2.21. The van der Waals surface area contributed by atoms with Crippen LogP contribution in [0.3, 0.4) is 0 Å². The van der Waals surface area contributed by atoms with Gasteiger partial charge in [0.2, 0.25) is 0 Å². The lowest BCUT2D eigenvalue weighted by Gasteiger charge is -2.06. The first-order valence-corrected chi connectivity index (χ1v) is 7.47. The van der Waals surface area contributed by atoms with Gasteiger partial charge in [0.25, 0.3) is 5.78 Å². The topological polar surface area (TPSA) is 67.3 Å². The maximum atomic E-state index is 12.2. The van der Waals surface area contributed by atoms with Gasteiger partial charge in [-0.25, -0.2) is 9.78 Å². The van der Waals surface area contributed by atoms with Gasteiger partial charge in [-0.05, 0) is 30.7 Å². The minimum atomic E-state index is -1.50. The molecule has 0 aliphatic carbocycles. The zero-order valence-electron chi connectivity index (χ0n) is 13.1. The molecule has 0 aliphatic rings. The molecule has 0 saturated carbocycles. The van der Waals surface area contributed by atoms with E-state index in [4.69, 9.17) is 5.11 Å². The van der Waals surface area contributed by atoms with Crippen molar-refractivity contribution in [3.63, 3.8) is 0 Å². The number of ketones is 1. The number of pyridine rings is 1. The van der Waals surface area contributed by atoms with Crippen LogP contribution < -0.4 is 0 Å². The van der Waals surface area contributed by atoms with Crippen LogP contribution >= 0.6 is 0 Å². The van der Waals surface area contributed by atoms with E-state index in [1.807, 2.05) is 61.5 Å². The molecule has 2 aromatic carbocycles. The molecule has 1 N–H and O–H groups in total.